The number of fused-ring (bicyclic) bond motifs is 3. The largest absolute Gasteiger partial charge is 0.0713 e. The molecule has 1 aliphatic rings. The molecule has 0 saturated carbocycles. The molecule has 0 amide bonds. The van der Waals surface area contributed by atoms with Crippen molar-refractivity contribution in [2.45, 2.75) is 32.6 Å². The second-order valence-electron chi connectivity index (χ2n) is 8.26. The first-order valence-electron chi connectivity index (χ1n) is 10.5. The van der Waals surface area contributed by atoms with Crippen molar-refractivity contribution in [1.82, 2.24) is 0 Å². The van der Waals surface area contributed by atoms with E-state index < -0.39 is 0 Å². The molecule has 29 heavy (non-hydrogen) atoms. The van der Waals surface area contributed by atoms with Crippen LogP contribution in [0.25, 0.3) is 11.1 Å². The molecule has 5 rings (SSSR count). The Morgan fingerprint density at radius 3 is 1.62 bits per heavy atom. The molecule has 0 fully saturated rings. The number of hydrogen-bond acceptors (Lipinski definition) is 0. The molecule has 142 valence electrons. The summed E-state index contributed by atoms with van der Waals surface area (Å²) in [5, 5.41) is 0. The van der Waals surface area contributed by atoms with Gasteiger partial charge < -0.3 is 0 Å². The van der Waals surface area contributed by atoms with E-state index in [1.807, 2.05) is 0 Å². The highest BCUT2D eigenvalue weighted by molar-refractivity contribution is 5.86. The highest BCUT2D eigenvalue weighted by atomic mass is 14.5. The molecule has 0 bridgehead atoms. The van der Waals surface area contributed by atoms with E-state index in [-0.39, 0.29) is 5.41 Å². The van der Waals surface area contributed by atoms with Crippen LogP contribution in [-0.2, 0) is 11.8 Å². The van der Waals surface area contributed by atoms with Gasteiger partial charge in [-0.25, -0.2) is 0 Å². The molecular formula is C29H26. The van der Waals surface area contributed by atoms with Crippen LogP contribution in [0, 0.1) is 13.8 Å². The molecule has 0 aliphatic heterocycles. The molecule has 0 heterocycles. The number of benzene rings is 4. The van der Waals surface area contributed by atoms with Gasteiger partial charge in [-0.15, -0.1) is 0 Å². The van der Waals surface area contributed by atoms with Crippen LogP contribution in [0.3, 0.4) is 0 Å². The van der Waals surface area contributed by atoms with Crippen LogP contribution in [-0.4, -0.2) is 0 Å². The van der Waals surface area contributed by atoms with Gasteiger partial charge in [0.05, 0.1) is 5.41 Å². The Kier molecular flexibility index (Phi) is 4.17. The summed E-state index contributed by atoms with van der Waals surface area (Å²) in [5.74, 6) is 0. The third kappa shape index (κ3) is 2.59. The van der Waals surface area contributed by atoms with Crippen LogP contribution >= 0.6 is 0 Å². The van der Waals surface area contributed by atoms with Crippen LogP contribution in [0.1, 0.15) is 45.9 Å². The van der Waals surface area contributed by atoms with Crippen molar-refractivity contribution in [2.24, 2.45) is 0 Å². The Hall–Kier alpha value is -3.12. The Bertz CT molecular complexity index is 1130. The van der Waals surface area contributed by atoms with E-state index in [9.17, 15) is 0 Å². The van der Waals surface area contributed by atoms with Crippen molar-refractivity contribution in [3.63, 3.8) is 0 Å². The van der Waals surface area contributed by atoms with Gasteiger partial charge in [-0.1, -0.05) is 109 Å². The third-order valence-corrected chi connectivity index (χ3v) is 6.45. The molecule has 0 unspecified atom stereocenters. The van der Waals surface area contributed by atoms with Crippen LogP contribution in [0.2, 0.25) is 0 Å². The fourth-order valence-electron chi connectivity index (χ4n) is 5.02. The maximum Gasteiger partial charge on any atom is 0.0713 e. The van der Waals surface area contributed by atoms with Crippen molar-refractivity contribution < 1.29 is 0 Å². The number of hydrogen-bond donors (Lipinski definition) is 0. The molecular weight excluding hydrogens is 348 g/mol. The summed E-state index contributed by atoms with van der Waals surface area (Å²) >= 11 is 0. The zero-order valence-corrected chi connectivity index (χ0v) is 17.4. The maximum absolute atomic E-state index is 2.39. The van der Waals surface area contributed by atoms with Crippen LogP contribution in [0.15, 0.2) is 91.0 Å². The van der Waals surface area contributed by atoms with Gasteiger partial charge in [0.25, 0.3) is 0 Å². The monoisotopic (exact) mass is 374 g/mol. The fourth-order valence-corrected chi connectivity index (χ4v) is 5.02. The van der Waals surface area contributed by atoms with Crippen LogP contribution in [0.5, 0.6) is 0 Å². The first kappa shape index (κ1) is 17.9. The standard InChI is InChI=1S/C29H26/c1-4-22-12-14-24(15-13-22)29(23-8-6-5-7-9-23)27-18-20(2)10-16-25(27)26-17-11-21(3)19-28(26)29/h5-19H,4H2,1-3H3. The molecule has 4 aromatic rings. The lowest BCUT2D eigenvalue weighted by Gasteiger charge is -2.34. The summed E-state index contributed by atoms with van der Waals surface area (Å²) in [6.07, 6.45) is 1.06. The Balaban J connectivity index is 1.95. The van der Waals surface area contributed by atoms with Crippen molar-refractivity contribution in [3.8, 4) is 11.1 Å². The van der Waals surface area contributed by atoms with E-state index in [0.717, 1.165) is 6.42 Å². The zero-order chi connectivity index (χ0) is 20.0. The lowest BCUT2D eigenvalue weighted by Crippen LogP contribution is -2.28. The van der Waals surface area contributed by atoms with Crippen molar-refractivity contribution in [3.05, 3.63) is 130 Å². The van der Waals surface area contributed by atoms with Gasteiger partial charge in [0, 0.05) is 0 Å². The molecule has 0 N–H and O–H groups in total. The normalized spacial score (nSPS) is 13.8. The summed E-state index contributed by atoms with van der Waals surface area (Å²) in [6.45, 7) is 6.61. The van der Waals surface area contributed by atoms with E-state index in [1.54, 1.807) is 0 Å². The van der Waals surface area contributed by atoms with Gasteiger partial charge in [-0.05, 0) is 59.2 Å². The van der Waals surface area contributed by atoms with Gasteiger partial charge in [-0.2, -0.15) is 0 Å². The van der Waals surface area contributed by atoms with Crippen molar-refractivity contribution in [1.29, 1.82) is 0 Å². The Morgan fingerprint density at radius 2 is 1.10 bits per heavy atom. The molecule has 0 saturated heterocycles. The lowest BCUT2D eigenvalue weighted by molar-refractivity contribution is 0.765. The minimum absolute atomic E-state index is 0.282. The van der Waals surface area contributed by atoms with Gasteiger partial charge >= 0.3 is 0 Å². The summed E-state index contributed by atoms with van der Waals surface area (Å²) in [6, 6.07) is 34.2. The minimum atomic E-state index is -0.282. The average molecular weight is 375 g/mol. The first-order chi connectivity index (χ1) is 14.1. The maximum atomic E-state index is 2.39. The second-order valence-corrected chi connectivity index (χ2v) is 8.26. The van der Waals surface area contributed by atoms with E-state index >= 15 is 0 Å². The second kappa shape index (κ2) is 6.74. The fraction of sp³-hybridized carbons (Fsp3) is 0.172. The van der Waals surface area contributed by atoms with Gasteiger partial charge in [0.2, 0.25) is 0 Å². The molecule has 0 nitrogen and oxygen atoms in total. The molecule has 0 spiro atoms. The van der Waals surface area contributed by atoms with Gasteiger partial charge in [-0.3, -0.25) is 0 Å². The summed E-state index contributed by atoms with van der Waals surface area (Å²) in [4.78, 5) is 0. The molecule has 0 heteroatoms. The highest BCUT2D eigenvalue weighted by Crippen LogP contribution is 2.56. The van der Waals surface area contributed by atoms with Gasteiger partial charge in [0.15, 0.2) is 0 Å². The van der Waals surface area contributed by atoms with Crippen LogP contribution in [0.4, 0.5) is 0 Å². The topological polar surface area (TPSA) is 0 Å². The molecule has 0 aromatic heterocycles. The predicted molar refractivity (Wildman–Crippen MR) is 123 cm³/mol. The number of aryl methyl sites for hydroxylation is 3. The molecule has 0 atom stereocenters. The van der Waals surface area contributed by atoms with E-state index in [2.05, 4.69) is 112 Å². The Morgan fingerprint density at radius 1 is 0.586 bits per heavy atom. The lowest BCUT2D eigenvalue weighted by atomic mass is 9.67. The molecule has 1 aliphatic carbocycles. The Labute approximate surface area is 173 Å². The molecule has 4 aromatic carbocycles. The van der Waals surface area contributed by atoms with Crippen molar-refractivity contribution in [2.75, 3.05) is 0 Å². The van der Waals surface area contributed by atoms with E-state index in [4.69, 9.17) is 0 Å². The van der Waals surface area contributed by atoms with E-state index in [0.29, 0.717) is 0 Å². The van der Waals surface area contributed by atoms with Crippen molar-refractivity contribution >= 4 is 0 Å². The summed E-state index contributed by atoms with van der Waals surface area (Å²) in [7, 11) is 0. The quantitative estimate of drug-likeness (QED) is 0.312. The predicted octanol–water partition coefficient (Wildman–Crippen LogP) is 7.23. The third-order valence-electron chi connectivity index (χ3n) is 6.45. The first-order valence-corrected chi connectivity index (χ1v) is 10.5. The SMILES string of the molecule is CCc1ccc(C2(c3ccccc3)c3cc(C)ccc3-c3ccc(C)cc32)cc1. The summed E-state index contributed by atoms with van der Waals surface area (Å²) in [5.41, 5.74) is 11.9. The average Bonchev–Trinajstić information content (AvgIpc) is 3.04. The number of rotatable bonds is 3. The smallest absolute Gasteiger partial charge is 0.0622 e. The van der Waals surface area contributed by atoms with Crippen LogP contribution < -0.4 is 0 Å². The minimum Gasteiger partial charge on any atom is -0.0622 e. The van der Waals surface area contributed by atoms with E-state index in [1.165, 1.54) is 50.1 Å². The molecule has 0 radical (unpaired) electrons. The summed E-state index contributed by atoms with van der Waals surface area (Å²) < 4.78 is 0. The highest BCUT2D eigenvalue weighted by Gasteiger charge is 2.46. The van der Waals surface area contributed by atoms with Gasteiger partial charge in [0.1, 0.15) is 0 Å². The zero-order valence-electron chi connectivity index (χ0n) is 17.4.